The van der Waals surface area contributed by atoms with Crippen LogP contribution < -0.4 is 11.3 Å². The molecule has 1 aromatic carbocycles. The molecule has 0 fully saturated rings. The molecule has 0 aliphatic rings. The Labute approximate surface area is 102 Å². The minimum atomic E-state index is -0.0298. The Hall–Kier alpha value is -1.13. The third-order valence-corrected chi connectivity index (χ3v) is 3.25. The summed E-state index contributed by atoms with van der Waals surface area (Å²) in [5, 5.41) is 1.07. The molecule has 0 unspecified atom stereocenters. The second-order valence-corrected chi connectivity index (χ2v) is 4.70. The van der Waals surface area contributed by atoms with Gasteiger partial charge in [0, 0.05) is 20.9 Å². The maximum Gasteiger partial charge on any atom is 0.251 e. The Balaban J connectivity index is 2.79. The van der Waals surface area contributed by atoms with Crippen molar-refractivity contribution in [2.75, 3.05) is 6.54 Å². The fraction of sp³-hybridized carbons (Fsp3) is 0.250. The van der Waals surface area contributed by atoms with Gasteiger partial charge >= 0.3 is 0 Å². The molecule has 0 saturated carbocycles. The van der Waals surface area contributed by atoms with E-state index >= 15 is 0 Å². The number of aromatic nitrogens is 1. The minimum absolute atomic E-state index is 0.0298. The van der Waals surface area contributed by atoms with Crippen molar-refractivity contribution in [3.8, 4) is 0 Å². The number of rotatable bonds is 2. The number of benzene rings is 1. The zero-order valence-electron chi connectivity index (χ0n) is 9.01. The van der Waals surface area contributed by atoms with Gasteiger partial charge in [-0.1, -0.05) is 15.9 Å². The largest absolute Gasteiger partial charge is 0.330 e. The van der Waals surface area contributed by atoms with E-state index in [1.165, 1.54) is 0 Å². The molecule has 1 heterocycles. The Morgan fingerprint density at radius 3 is 2.88 bits per heavy atom. The number of hydrogen-bond donors (Lipinski definition) is 2. The lowest BCUT2D eigenvalue weighted by Crippen LogP contribution is -2.18. The summed E-state index contributed by atoms with van der Waals surface area (Å²) in [5.74, 6) is 0. The number of halogens is 1. The van der Waals surface area contributed by atoms with Crippen molar-refractivity contribution in [2.24, 2.45) is 5.73 Å². The lowest BCUT2D eigenvalue weighted by molar-refractivity contribution is 0.938. The number of nitrogens with one attached hydrogen (secondary N) is 1. The third kappa shape index (κ3) is 1.90. The molecule has 0 amide bonds. The van der Waals surface area contributed by atoms with Crippen LogP contribution in [0.1, 0.15) is 11.1 Å². The van der Waals surface area contributed by atoms with E-state index in [4.69, 9.17) is 5.73 Å². The van der Waals surface area contributed by atoms with E-state index in [0.29, 0.717) is 13.0 Å². The normalized spacial score (nSPS) is 10.9. The van der Waals surface area contributed by atoms with Gasteiger partial charge in [-0.05, 0) is 43.7 Å². The number of aryl methyl sites for hydroxylation is 1. The molecule has 0 saturated heterocycles. The van der Waals surface area contributed by atoms with Gasteiger partial charge < -0.3 is 10.7 Å². The van der Waals surface area contributed by atoms with Gasteiger partial charge in [0.2, 0.25) is 0 Å². The highest BCUT2D eigenvalue weighted by Crippen LogP contribution is 2.21. The molecule has 0 radical (unpaired) electrons. The molecule has 3 N–H and O–H groups in total. The first kappa shape index (κ1) is 11.4. The van der Waals surface area contributed by atoms with Crippen LogP contribution in [0.2, 0.25) is 0 Å². The quantitative estimate of drug-likeness (QED) is 0.885. The summed E-state index contributed by atoms with van der Waals surface area (Å²) in [6.07, 6.45) is 0.615. The zero-order chi connectivity index (χ0) is 11.7. The number of fused-ring (bicyclic) bond motifs is 1. The van der Waals surface area contributed by atoms with Gasteiger partial charge in [0.05, 0.1) is 0 Å². The monoisotopic (exact) mass is 280 g/mol. The number of pyridine rings is 1. The van der Waals surface area contributed by atoms with Crippen LogP contribution in [0.5, 0.6) is 0 Å². The van der Waals surface area contributed by atoms with E-state index in [1.54, 1.807) is 0 Å². The molecule has 3 nitrogen and oxygen atoms in total. The summed E-state index contributed by atoms with van der Waals surface area (Å²) in [6, 6.07) is 5.83. The van der Waals surface area contributed by atoms with Gasteiger partial charge in [-0.2, -0.15) is 0 Å². The molecule has 2 rings (SSSR count). The second-order valence-electron chi connectivity index (χ2n) is 3.79. The summed E-state index contributed by atoms with van der Waals surface area (Å²) >= 11 is 3.43. The fourth-order valence-corrected chi connectivity index (χ4v) is 2.27. The highest BCUT2D eigenvalue weighted by molar-refractivity contribution is 9.10. The van der Waals surface area contributed by atoms with Crippen LogP contribution in [0, 0.1) is 6.92 Å². The first-order valence-corrected chi connectivity index (χ1v) is 5.94. The van der Waals surface area contributed by atoms with Crippen LogP contribution in [-0.2, 0) is 6.42 Å². The van der Waals surface area contributed by atoms with Crippen molar-refractivity contribution in [1.82, 2.24) is 4.98 Å². The Bertz CT molecular complexity index is 589. The number of nitrogens with two attached hydrogens (primary N) is 1. The highest BCUT2D eigenvalue weighted by Gasteiger charge is 2.08. The SMILES string of the molecule is Cc1c(CCN)c(=O)[nH]c2ccc(Br)cc12. The van der Waals surface area contributed by atoms with Gasteiger partial charge in [0.1, 0.15) is 0 Å². The molecule has 84 valence electrons. The third-order valence-electron chi connectivity index (χ3n) is 2.75. The number of hydrogen-bond acceptors (Lipinski definition) is 2. The van der Waals surface area contributed by atoms with E-state index in [9.17, 15) is 4.79 Å². The first-order valence-electron chi connectivity index (χ1n) is 5.14. The molecular weight excluding hydrogens is 268 g/mol. The van der Waals surface area contributed by atoms with E-state index in [0.717, 1.165) is 26.5 Å². The molecule has 0 aliphatic heterocycles. The van der Waals surface area contributed by atoms with Gasteiger partial charge in [-0.25, -0.2) is 0 Å². The molecule has 0 spiro atoms. The van der Waals surface area contributed by atoms with Crippen molar-refractivity contribution >= 4 is 26.8 Å². The average molecular weight is 281 g/mol. The van der Waals surface area contributed by atoms with Crippen molar-refractivity contribution in [3.05, 3.63) is 44.2 Å². The standard InChI is InChI=1S/C12H13BrN2O/c1-7-9(4-5-14)12(16)15-11-3-2-8(13)6-10(7)11/h2-3,6H,4-5,14H2,1H3,(H,15,16). The van der Waals surface area contributed by atoms with Gasteiger partial charge in [-0.15, -0.1) is 0 Å². The van der Waals surface area contributed by atoms with E-state index in [-0.39, 0.29) is 5.56 Å². The van der Waals surface area contributed by atoms with Gasteiger partial charge in [0.25, 0.3) is 5.56 Å². The lowest BCUT2D eigenvalue weighted by atomic mass is 10.0. The predicted molar refractivity (Wildman–Crippen MR) is 69.8 cm³/mol. The number of H-pyrrole nitrogens is 1. The van der Waals surface area contributed by atoms with E-state index in [2.05, 4.69) is 20.9 Å². The molecule has 4 heteroatoms. The van der Waals surface area contributed by atoms with Crippen molar-refractivity contribution < 1.29 is 0 Å². The van der Waals surface area contributed by atoms with Crippen LogP contribution in [0.4, 0.5) is 0 Å². The molecule has 0 atom stereocenters. The minimum Gasteiger partial charge on any atom is -0.330 e. The molecule has 16 heavy (non-hydrogen) atoms. The summed E-state index contributed by atoms with van der Waals surface area (Å²) in [4.78, 5) is 14.7. The molecule has 0 aliphatic carbocycles. The van der Waals surface area contributed by atoms with E-state index in [1.807, 2.05) is 25.1 Å². The molecule has 2 aromatic rings. The second kappa shape index (κ2) is 4.39. The van der Waals surface area contributed by atoms with Crippen LogP contribution in [0.15, 0.2) is 27.5 Å². The van der Waals surface area contributed by atoms with Gasteiger partial charge in [0.15, 0.2) is 0 Å². The lowest BCUT2D eigenvalue weighted by Gasteiger charge is -2.08. The predicted octanol–water partition coefficient (Wildman–Crippen LogP) is 2.10. The van der Waals surface area contributed by atoms with Gasteiger partial charge in [-0.3, -0.25) is 4.79 Å². The van der Waals surface area contributed by atoms with Crippen LogP contribution in [-0.4, -0.2) is 11.5 Å². The first-order chi connectivity index (χ1) is 7.63. The zero-order valence-corrected chi connectivity index (χ0v) is 10.6. The summed E-state index contributed by atoms with van der Waals surface area (Å²) in [5.41, 5.74) is 8.15. The average Bonchev–Trinajstić information content (AvgIpc) is 2.26. The maximum atomic E-state index is 11.8. The highest BCUT2D eigenvalue weighted by atomic mass is 79.9. The number of aromatic amines is 1. The van der Waals surface area contributed by atoms with Crippen LogP contribution >= 0.6 is 15.9 Å². The van der Waals surface area contributed by atoms with Crippen LogP contribution in [0.25, 0.3) is 10.9 Å². The summed E-state index contributed by atoms with van der Waals surface area (Å²) in [6.45, 7) is 2.46. The fourth-order valence-electron chi connectivity index (χ4n) is 1.91. The summed E-state index contributed by atoms with van der Waals surface area (Å²) in [7, 11) is 0. The Kier molecular flexibility index (Phi) is 3.12. The maximum absolute atomic E-state index is 11.8. The Morgan fingerprint density at radius 2 is 2.19 bits per heavy atom. The molecular formula is C12H13BrN2O. The summed E-state index contributed by atoms with van der Waals surface area (Å²) < 4.78 is 1.01. The molecule has 1 aromatic heterocycles. The topological polar surface area (TPSA) is 58.9 Å². The Morgan fingerprint density at radius 1 is 1.44 bits per heavy atom. The van der Waals surface area contributed by atoms with Crippen molar-refractivity contribution in [3.63, 3.8) is 0 Å². The smallest absolute Gasteiger partial charge is 0.251 e. The van der Waals surface area contributed by atoms with Crippen LogP contribution in [0.3, 0.4) is 0 Å². The van der Waals surface area contributed by atoms with Crippen molar-refractivity contribution in [1.29, 1.82) is 0 Å². The molecule has 0 bridgehead atoms. The van der Waals surface area contributed by atoms with E-state index < -0.39 is 0 Å². The van der Waals surface area contributed by atoms with Crippen molar-refractivity contribution in [2.45, 2.75) is 13.3 Å².